The Morgan fingerprint density at radius 1 is 1.14 bits per heavy atom. The highest BCUT2D eigenvalue weighted by Crippen LogP contribution is 2.40. The Labute approximate surface area is 211 Å². The van der Waals surface area contributed by atoms with Gasteiger partial charge in [-0.25, -0.2) is 4.98 Å². The Balaban J connectivity index is 1.38. The van der Waals surface area contributed by atoms with Crippen LogP contribution in [0, 0.1) is 5.92 Å². The van der Waals surface area contributed by atoms with E-state index in [2.05, 4.69) is 5.32 Å². The molecule has 2 N–H and O–H groups in total. The summed E-state index contributed by atoms with van der Waals surface area (Å²) < 4.78 is 7.13. The Kier molecular flexibility index (Phi) is 6.99. The molecule has 7 heteroatoms. The summed E-state index contributed by atoms with van der Waals surface area (Å²) in [5.41, 5.74) is 2.81. The minimum absolute atomic E-state index is 0.144. The summed E-state index contributed by atoms with van der Waals surface area (Å²) in [7, 11) is 0. The summed E-state index contributed by atoms with van der Waals surface area (Å²) in [6, 6.07) is 12.9. The van der Waals surface area contributed by atoms with Gasteiger partial charge in [-0.05, 0) is 61.9 Å². The number of esters is 1. The van der Waals surface area contributed by atoms with E-state index in [1.807, 2.05) is 37.4 Å². The summed E-state index contributed by atoms with van der Waals surface area (Å²) in [5.74, 6) is -0.0268. The van der Waals surface area contributed by atoms with E-state index in [1.54, 1.807) is 22.6 Å². The monoisotopic (exact) mass is 489 g/mol. The lowest BCUT2D eigenvalue weighted by Gasteiger charge is -2.38. The Hall–Kier alpha value is -3.35. The molecule has 190 valence electrons. The number of nitrogens with one attached hydrogen (secondary N) is 1. The minimum Gasteiger partial charge on any atom is -0.508 e. The molecular weight excluding hydrogens is 454 g/mol. The second kappa shape index (κ2) is 10.3. The number of amides is 1. The molecule has 0 aliphatic heterocycles. The number of aromatic hydroxyl groups is 1. The maximum absolute atomic E-state index is 13.4. The fraction of sp³-hybridized carbons (Fsp3) is 0.483. The van der Waals surface area contributed by atoms with Crippen molar-refractivity contribution in [3.05, 3.63) is 65.6 Å². The maximum atomic E-state index is 13.4. The van der Waals surface area contributed by atoms with Crippen molar-refractivity contribution in [2.24, 2.45) is 5.92 Å². The number of phenols is 1. The quantitative estimate of drug-likeness (QED) is 0.407. The first-order valence-corrected chi connectivity index (χ1v) is 13.2. The van der Waals surface area contributed by atoms with E-state index in [-0.39, 0.29) is 23.0 Å². The van der Waals surface area contributed by atoms with Crippen molar-refractivity contribution in [3.8, 4) is 5.75 Å². The number of aromatic nitrogens is 2. The fourth-order valence-corrected chi connectivity index (χ4v) is 5.60. The average Bonchev–Trinajstić information content (AvgIpc) is 3.62. The smallest absolute Gasteiger partial charge is 0.315 e. The molecular formula is C29H35N3O4. The maximum Gasteiger partial charge on any atom is 0.315 e. The van der Waals surface area contributed by atoms with Crippen molar-refractivity contribution in [2.75, 3.05) is 13.2 Å². The van der Waals surface area contributed by atoms with Gasteiger partial charge in [0.25, 0.3) is 5.91 Å². The van der Waals surface area contributed by atoms with Crippen LogP contribution in [0.4, 0.5) is 0 Å². The van der Waals surface area contributed by atoms with E-state index in [9.17, 15) is 14.7 Å². The van der Waals surface area contributed by atoms with Gasteiger partial charge in [-0.3, -0.25) is 14.0 Å². The van der Waals surface area contributed by atoms with Crippen molar-refractivity contribution in [1.29, 1.82) is 0 Å². The van der Waals surface area contributed by atoms with Gasteiger partial charge in [-0.2, -0.15) is 0 Å². The van der Waals surface area contributed by atoms with Crippen LogP contribution < -0.4 is 5.32 Å². The molecule has 1 atom stereocenters. The number of phenolic OH excluding ortho intramolecular Hbond substituents is 1. The molecule has 0 radical (unpaired) electrons. The molecule has 2 aliphatic carbocycles. The van der Waals surface area contributed by atoms with E-state index >= 15 is 0 Å². The molecule has 1 unspecified atom stereocenters. The Morgan fingerprint density at radius 3 is 2.58 bits per heavy atom. The molecule has 3 aromatic rings. The first-order chi connectivity index (χ1) is 17.5. The second-order valence-electron chi connectivity index (χ2n) is 10.4. The Bertz CT molecular complexity index is 1220. The number of carbonyl (C=O) groups excluding carboxylic acids is 2. The van der Waals surface area contributed by atoms with Gasteiger partial charge in [0.1, 0.15) is 23.0 Å². The molecule has 0 spiro atoms. The summed E-state index contributed by atoms with van der Waals surface area (Å²) in [6.07, 6.45) is 10.3. The zero-order valence-electron chi connectivity index (χ0n) is 20.9. The normalized spacial score (nSPS) is 18.0. The predicted octanol–water partition coefficient (Wildman–Crippen LogP) is 5.12. The summed E-state index contributed by atoms with van der Waals surface area (Å²) in [4.78, 5) is 30.9. The molecule has 1 aromatic carbocycles. The van der Waals surface area contributed by atoms with Crippen LogP contribution in [0.5, 0.6) is 5.75 Å². The van der Waals surface area contributed by atoms with Crippen LogP contribution in [0.2, 0.25) is 0 Å². The number of benzene rings is 1. The largest absolute Gasteiger partial charge is 0.508 e. The SMILES string of the molecule is CCOC(=O)C(CC1CC1)c1cn2c(C(=O)NCC3(c4ccc(O)cc4)CCCCC3)cccc2n1. The third-order valence-corrected chi connectivity index (χ3v) is 7.82. The van der Waals surface area contributed by atoms with Crippen LogP contribution in [-0.2, 0) is 14.9 Å². The minimum atomic E-state index is -0.409. The highest BCUT2D eigenvalue weighted by Gasteiger charge is 2.35. The lowest BCUT2D eigenvalue weighted by molar-refractivity contribution is -0.145. The number of ether oxygens (including phenoxy) is 1. The number of pyridine rings is 1. The standard InChI is InChI=1S/C29H35N3O4/c1-2-36-28(35)23(17-20-9-10-20)24-18-32-25(7-6-8-26(32)31-24)27(34)30-19-29(15-4-3-5-16-29)21-11-13-22(33)14-12-21/h6-8,11-14,18,20,23,33H,2-5,9-10,15-17,19H2,1H3,(H,30,34). The molecule has 0 bridgehead atoms. The first kappa shape index (κ1) is 24.3. The van der Waals surface area contributed by atoms with Crippen molar-refractivity contribution >= 4 is 17.5 Å². The van der Waals surface area contributed by atoms with Crippen LogP contribution in [0.25, 0.3) is 5.65 Å². The second-order valence-corrected chi connectivity index (χ2v) is 10.4. The van der Waals surface area contributed by atoms with Crippen molar-refractivity contribution in [3.63, 3.8) is 0 Å². The van der Waals surface area contributed by atoms with Gasteiger partial charge < -0.3 is 15.2 Å². The number of fused-ring (bicyclic) bond motifs is 1. The topological polar surface area (TPSA) is 92.9 Å². The van der Waals surface area contributed by atoms with E-state index in [1.165, 1.54) is 6.42 Å². The van der Waals surface area contributed by atoms with Crippen LogP contribution >= 0.6 is 0 Å². The number of hydrogen-bond donors (Lipinski definition) is 2. The van der Waals surface area contributed by atoms with Crippen LogP contribution in [0.15, 0.2) is 48.7 Å². The molecule has 0 saturated heterocycles. The van der Waals surface area contributed by atoms with Crippen molar-refractivity contribution in [1.82, 2.24) is 14.7 Å². The van der Waals surface area contributed by atoms with Crippen LogP contribution in [0.3, 0.4) is 0 Å². The van der Waals surface area contributed by atoms with Gasteiger partial charge in [0.15, 0.2) is 0 Å². The first-order valence-electron chi connectivity index (χ1n) is 13.2. The summed E-state index contributed by atoms with van der Waals surface area (Å²) in [5, 5.41) is 13.0. The van der Waals surface area contributed by atoms with E-state index in [4.69, 9.17) is 9.72 Å². The van der Waals surface area contributed by atoms with Gasteiger partial charge >= 0.3 is 5.97 Å². The molecule has 2 saturated carbocycles. The molecule has 2 fully saturated rings. The van der Waals surface area contributed by atoms with Gasteiger partial charge in [0.05, 0.1) is 12.3 Å². The molecule has 36 heavy (non-hydrogen) atoms. The summed E-state index contributed by atoms with van der Waals surface area (Å²) >= 11 is 0. The van der Waals surface area contributed by atoms with E-state index < -0.39 is 5.92 Å². The molecule has 2 heterocycles. The van der Waals surface area contributed by atoms with Gasteiger partial charge in [0, 0.05) is 18.2 Å². The van der Waals surface area contributed by atoms with E-state index in [0.717, 1.165) is 50.5 Å². The third-order valence-electron chi connectivity index (χ3n) is 7.82. The number of imidazole rings is 1. The van der Waals surface area contributed by atoms with Crippen LogP contribution in [-0.4, -0.2) is 39.5 Å². The van der Waals surface area contributed by atoms with Gasteiger partial charge in [-0.15, -0.1) is 0 Å². The molecule has 7 nitrogen and oxygen atoms in total. The molecule has 1 amide bonds. The van der Waals surface area contributed by atoms with Gasteiger partial charge in [0.2, 0.25) is 0 Å². The number of nitrogens with zero attached hydrogens (tertiary/aromatic N) is 2. The lowest BCUT2D eigenvalue weighted by atomic mass is 9.69. The van der Waals surface area contributed by atoms with Crippen LogP contribution in [0.1, 0.15) is 86.0 Å². The Morgan fingerprint density at radius 2 is 1.89 bits per heavy atom. The molecule has 2 aliphatic rings. The molecule has 5 rings (SSSR count). The van der Waals surface area contributed by atoms with Crippen molar-refractivity contribution < 1.29 is 19.4 Å². The number of carbonyl (C=O) groups is 2. The number of hydrogen-bond acceptors (Lipinski definition) is 5. The predicted molar refractivity (Wildman–Crippen MR) is 137 cm³/mol. The third kappa shape index (κ3) is 5.11. The zero-order chi connectivity index (χ0) is 25.1. The van der Waals surface area contributed by atoms with E-state index in [0.29, 0.717) is 36.1 Å². The van der Waals surface area contributed by atoms with Gasteiger partial charge in [-0.1, -0.05) is 50.3 Å². The van der Waals surface area contributed by atoms with Crippen molar-refractivity contribution in [2.45, 2.75) is 69.6 Å². The summed E-state index contributed by atoms with van der Waals surface area (Å²) in [6.45, 7) is 2.68. The number of rotatable bonds is 9. The molecule has 2 aromatic heterocycles. The highest BCUT2D eigenvalue weighted by molar-refractivity contribution is 5.93. The average molecular weight is 490 g/mol. The zero-order valence-corrected chi connectivity index (χ0v) is 20.9. The highest BCUT2D eigenvalue weighted by atomic mass is 16.5. The lowest BCUT2D eigenvalue weighted by Crippen LogP contribution is -2.42. The fourth-order valence-electron chi connectivity index (χ4n) is 5.60.